The summed E-state index contributed by atoms with van der Waals surface area (Å²) < 4.78 is 4.75. The summed E-state index contributed by atoms with van der Waals surface area (Å²) in [6.07, 6.45) is 11.1. The number of aliphatic hydroxyl groups excluding tert-OH is 4. The summed E-state index contributed by atoms with van der Waals surface area (Å²) in [5.74, 6) is -1.01. The predicted octanol–water partition coefficient (Wildman–Crippen LogP) is 2.79. The van der Waals surface area contributed by atoms with E-state index in [0.717, 1.165) is 57.8 Å². The monoisotopic (exact) mass is 436 g/mol. The number of ether oxygens (including phenoxy) is 1. The molecule has 0 spiro atoms. The van der Waals surface area contributed by atoms with Gasteiger partial charge in [0.2, 0.25) is 0 Å². The molecule has 2 atom stereocenters. The van der Waals surface area contributed by atoms with E-state index in [1.807, 2.05) is 0 Å². The first-order valence-electron chi connectivity index (χ1n) is 11.3. The van der Waals surface area contributed by atoms with E-state index in [2.05, 4.69) is 6.92 Å². The molecule has 0 aromatic carbocycles. The van der Waals surface area contributed by atoms with Gasteiger partial charge in [0.25, 0.3) is 0 Å². The number of aliphatic carboxylic acids is 1. The van der Waals surface area contributed by atoms with Crippen molar-refractivity contribution < 1.29 is 39.9 Å². The Morgan fingerprint density at radius 2 is 1.23 bits per heavy atom. The van der Waals surface area contributed by atoms with Gasteiger partial charge in [-0.3, -0.25) is 9.59 Å². The highest BCUT2D eigenvalue weighted by Gasteiger charge is 2.07. The van der Waals surface area contributed by atoms with Crippen molar-refractivity contribution in [2.45, 2.75) is 109 Å². The number of aliphatic hydroxyl groups is 4. The number of rotatable bonds is 19. The molecular formula is C22H44O8. The van der Waals surface area contributed by atoms with E-state index >= 15 is 0 Å². The minimum Gasteiger partial charge on any atom is -0.481 e. The first kappa shape index (κ1) is 31.0. The summed E-state index contributed by atoms with van der Waals surface area (Å²) in [6, 6.07) is 0. The van der Waals surface area contributed by atoms with Gasteiger partial charge < -0.3 is 30.3 Å². The van der Waals surface area contributed by atoms with Crippen LogP contribution in [0.5, 0.6) is 0 Å². The summed E-state index contributed by atoms with van der Waals surface area (Å²) >= 11 is 0. The van der Waals surface area contributed by atoms with Crippen molar-refractivity contribution >= 4 is 11.9 Å². The predicted molar refractivity (Wildman–Crippen MR) is 115 cm³/mol. The highest BCUT2D eigenvalue weighted by molar-refractivity contribution is 5.69. The largest absolute Gasteiger partial charge is 0.481 e. The number of carboxylic acid groups (broad SMARTS) is 1. The molecule has 0 aliphatic carbocycles. The summed E-state index contributed by atoms with van der Waals surface area (Å²) in [5.41, 5.74) is 0. The van der Waals surface area contributed by atoms with Gasteiger partial charge in [-0.15, -0.1) is 0 Å². The zero-order chi connectivity index (χ0) is 23.0. The zero-order valence-electron chi connectivity index (χ0n) is 18.6. The Hall–Kier alpha value is -1.22. The van der Waals surface area contributed by atoms with Crippen LogP contribution in [0.1, 0.15) is 96.8 Å². The molecule has 0 aromatic heterocycles. The molecule has 8 heteroatoms. The number of esters is 1. The van der Waals surface area contributed by atoms with Crippen molar-refractivity contribution in [3.05, 3.63) is 0 Å². The second-order valence-electron chi connectivity index (χ2n) is 7.57. The third kappa shape index (κ3) is 26.8. The Kier molecular flexibility index (Phi) is 24.8. The van der Waals surface area contributed by atoms with Gasteiger partial charge in [-0.1, -0.05) is 64.7 Å². The molecule has 0 amide bonds. The molecule has 0 radical (unpaired) electrons. The van der Waals surface area contributed by atoms with E-state index in [1.165, 1.54) is 12.8 Å². The Morgan fingerprint density at radius 1 is 0.733 bits per heavy atom. The normalized spacial score (nSPS) is 12.6. The van der Waals surface area contributed by atoms with Gasteiger partial charge in [-0.25, -0.2) is 0 Å². The van der Waals surface area contributed by atoms with Gasteiger partial charge in [-0.05, 0) is 19.3 Å². The minimum absolute atomic E-state index is 0.107. The quantitative estimate of drug-likeness (QED) is 0.154. The first-order chi connectivity index (χ1) is 14.4. The number of hydrogen-bond acceptors (Lipinski definition) is 7. The van der Waals surface area contributed by atoms with Crippen LogP contribution >= 0.6 is 0 Å². The number of hydrogen-bond donors (Lipinski definition) is 5. The van der Waals surface area contributed by atoms with Gasteiger partial charge in [0, 0.05) is 12.8 Å². The number of unbranched alkanes of at least 4 members (excludes halogenated alkanes) is 9. The Morgan fingerprint density at radius 3 is 1.77 bits per heavy atom. The summed E-state index contributed by atoms with van der Waals surface area (Å²) in [7, 11) is 0. The molecule has 0 fully saturated rings. The van der Waals surface area contributed by atoms with Crippen LogP contribution in [0.4, 0.5) is 0 Å². The molecule has 0 saturated carbocycles. The molecule has 8 nitrogen and oxygen atoms in total. The minimum atomic E-state index is -0.950. The lowest BCUT2D eigenvalue weighted by molar-refractivity contribution is -0.147. The van der Waals surface area contributed by atoms with Crippen molar-refractivity contribution in [2.75, 3.05) is 19.8 Å². The van der Waals surface area contributed by atoms with E-state index in [9.17, 15) is 9.59 Å². The van der Waals surface area contributed by atoms with Crippen molar-refractivity contribution in [3.63, 3.8) is 0 Å². The van der Waals surface area contributed by atoms with Gasteiger partial charge in [0.15, 0.2) is 0 Å². The third-order valence-electron chi connectivity index (χ3n) is 4.52. The lowest BCUT2D eigenvalue weighted by atomic mass is 10.1. The van der Waals surface area contributed by atoms with Gasteiger partial charge in [0.05, 0.1) is 19.3 Å². The molecule has 2 unspecified atom stereocenters. The lowest BCUT2D eigenvalue weighted by Crippen LogP contribution is -2.21. The fourth-order valence-electron chi connectivity index (χ4n) is 2.64. The van der Waals surface area contributed by atoms with Crippen molar-refractivity contribution in [3.8, 4) is 0 Å². The van der Waals surface area contributed by atoms with Crippen LogP contribution in [-0.4, -0.2) is 69.5 Å². The Bertz CT molecular complexity index is 389. The SMILES string of the molecule is CCCCCCCC(=O)OCC(O)CO.O=C(O)CCCCCCCCC(O)CO. The molecule has 0 aliphatic heterocycles. The molecule has 0 bridgehead atoms. The molecule has 0 rings (SSSR count). The van der Waals surface area contributed by atoms with Crippen LogP contribution in [0.3, 0.4) is 0 Å². The molecule has 0 heterocycles. The standard InChI is InChI=1S/2C11H22O4/c1-2-3-4-5-6-7-11(14)15-9-10(13)8-12;12-9-10(13)7-5-3-1-2-4-6-8-11(14)15/h10,12-13H,2-9H2,1H3;10,12-13H,1-9H2,(H,14,15). The van der Waals surface area contributed by atoms with Crippen molar-refractivity contribution in [1.82, 2.24) is 0 Å². The van der Waals surface area contributed by atoms with E-state index in [4.69, 9.17) is 30.3 Å². The van der Waals surface area contributed by atoms with Gasteiger partial charge in [0.1, 0.15) is 12.7 Å². The number of carbonyl (C=O) groups is 2. The number of carboxylic acids is 1. The maximum Gasteiger partial charge on any atom is 0.305 e. The highest BCUT2D eigenvalue weighted by atomic mass is 16.5. The zero-order valence-corrected chi connectivity index (χ0v) is 18.6. The van der Waals surface area contributed by atoms with E-state index in [1.54, 1.807) is 0 Å². The Balaban J connectivity index is 0. The fourth-order valence-corrected chi connectivity index (χ4v) is 2.64. The molecule has 0 saturated heterocycles. The smallest absolute Gasteiger partial charge is 0.305 e. The average molecular weight is 437 g/mol. The summed E-state index contributed by atoms with van der Waals surface area (Å²) in [4.78, 5) is 21.3. The summed E-state index contributed by atoms with van der Waals surface area (Å²) in [5, 5.41) is 43.4. The number of carbonyl (C=O) groups excluding carboxylic acids is 1. The summed E-state index contributed by atoms with van der Waals surface area (Å²) in [6.45, 7) is 1.51. The second-order valence-corrected chi connectivity index (χ2v) is 7.57. The van der Waals surface area contributed by atoms with Crippen LogP contribution in [0.15, 0.2) is 0 Å². The Labute approximate surface area is 181 Å². The second kappa shape index (κ2) is 24.1. The maximum absolute atomic E-state index is 11.1. The highest BCUT2D eigenvalue weighted by Crippen LogP contribution is 2.09. The topological polar surface area (TPSA) is 145 Å². The molecule has 30 heavy (non-hydrogen) atoms. The first-order valence-corrected chi connectivity index (χ1v) is 11.3. The van der Waals surface area contributed by atoms with Gasteiger partial charge >= 0.3 is 11.9 Å². The third-order valence-corrected chi connectivity index (χ3v) is 4.52. The molecule has 0 aliphatic rings. The van der Waals surface area contributed by atoms with Crippen LogP contribution in [0.2, 0.25) is 0 Å². The fraction of sp³-hybridized carbons (Fsp3) is 0.909. The lowest BCUT2D eigenvalue weighted by Gasteiger charge is -2.08. The molecular weight excluding hydrogens is 392 g/mol. The average Bonchev–Trinajstić information content (AvgIpc) is 2.73. The van der Waals surface area contributed by atoms with E-state index in [-0.39, 0.29) is 32.2 Å². The van der Waals surface area contributed by atoms with E-state index in [0.29, 0.717) is 12.8 Å². The van der Waals surface area contributed by atoms with Crippen LogP contribution in [0, 0.1) is 0 Å². The molecule has 180 valence electrons. The van der Waals surface area contributed by atoms with Crippen LogP contribution in [-0.2, 0) is 14.3 Å². The van der Waals surface area contributed by atoms with Gasteiger partial charge in [-0.2, -0.15) is 0 Å². The maximum atomic E-state index is 11.1. The van der Waals surface area contributed by atoms with Crippen molar-refractivity contribution in [2.24, 2.45) is 0 Å². The van der Waals surface area contributed by atoms with Crippen molar-refractivity contribution in [1.29, 1.82) is 0 Å². The van der Waals surface area contributed by atoms with E-state index < -0.39 is 18.2 Å². The van der Waals surface area contributed by atoms with Crippen LogP contribution in [0.25, 0.3) is 0 Å². The molecule has 5 N–H and O–H groups in total. The van der Waals surface area contributed by atoms with Crippen LogP contribution < -0.4 is 0 Å². The molecule has 0 aromatic rings.